The molecular formula is C23H20N4O2. The summed E-state index contributed by atoms with van der Waals surface area (Å²) in [5, 5.41) is 0. The molecule has 0 spiro atoms. The SMILES string of the molecule is CN1C(=O)C(N(C(N)=O)c2ccccc2)N=C(c2ccccc2)c2ccccc21. The van der Waals surface area contributed by atoms with Crippen LogP contribution >= 0.6 is 0 Å². The number of benzodiazepines with no additional fused rings is 1. The monoisotopic (exact) mass is 384 g/mol. The highest BCUT2D eigenvalue weighted by Gasteiger charge is 2.36. The van der Waals surface area contributed by atoms with Crippen LogP contribution in [0.15, 0.2) is 89.9 Å². The van der Waals surface area contributed by atoms with Gasteiger partial charge in [0, 0.05) is 23.9 Å². The van der Waals surface area contributed by atoms with Crippen molar-refractivity contribution in [2.45, 2.75) is 6.17 Å². The molecular weight excluding hydrogens is 364 g/mol. The molecule has 2 N–H and O–H groups in total. The summed E-state index contributed by atoms with van der Waals surface area (Å²) in [5.74, 6) is -0.342. The number of rotatable bonds is 3. The van der Waals surface area contributed by atoms with Crippen molar-refractivity contribution in [1.29, 1.82) is 0 Å². The van der Waals surface area contributed by atoms with Crippen molar-refractivity contribution in [3.05, 3.63) is 96.1 Å². The molecule has 4 rings (SSSR count). The number of fused-ring (bicyclic) bond motifs is 1. The summed E-state index contributed by atoms with van der Waals surface area (Å²) < 4.78 is 0. The fourth-order valence-electron chi connectivity index (χ4n) is 3.48. The average Bonchev–Trinajstić information content (AvgIpc) is 2.86. The van der Waals surface area contributed by atoms with E-state index in [2.05, 4.69) is 0 Å². The Balaban J connectivity index is 1.95. The van der Waals surface area contributed by atoms with Crippen molar-refractivity contribution in [3.63, 3.8) is 0 Å². The molecule has 0 aliphatic carbocycles. The Bertz CT molecular complexity index is 1080. The van der Waals surface area contributed by atoms with E-state index in [4.69, 9.17) is 10.7 Å². The van der Waals surface area contributed by atoms with Gasteiger partial charge in [-0.25, -0.2) is 9.79 Å². The predicted octanol–water partition coefficient (Wildman–Crippen LogP) is 3.41. The molecule has 0 aromatic heterocycles. The Morgan fingerprint density at radius 2 is 1.52 bits per heavy atom. The molecule has 0 saturated carbocycles. The van der Waals surface area contributed by atoms with E-state index in [0.717, 1.165) is 16.8 Å². The first kappa shape index (κ1) is 18.4. The molecule has 3 aromatic carbocycles. The smallest absolute Gasteiger partial charge is 0.321 e. The third kappa shape index (κ3) is 3.36. The third-order valence-corrected chi connectivity index (χ3v) is 4.89. The largest absolute Gasteiger partial charge is 0.351 e. The van der Waals surface area contributed by atoms with Crippen LogP contribution in [0.5, 0.6) is 0 Å². The molecule has 1 atom stereocenters. The van der Waals surface area contributed by atoms with Gasteiger partial charge in [0.05, 0.1) is 11.4 Å². The maximum Gasteiger partial charge on any atom is 0.321 e. The minimum atomic E-state index is -1.12. The average molecular weight is 384 g/mol. The zero-order chi connectivity index (χ0) is 20.4. The van der Waals surface area contributed by atoms with Gasteiger partial charge in [0.25, 0.3) is 5.91 Å². The summed E-state index contributed by atoms with van der Waals surface area (Å²) in [5.41, 5.74) is 9.22. The van der Waals surface area contributed by atoms with Crippen molar-refractivity contribution in [2.75, 3.05) is 16.8 Å². The van der Waals surface area contributed by atoms with Crippen LogP contribution in [0.1, 0.15) is 11.1 Å². The highest BCUT2D eigenvalue weighted by molar-refractivity contribution is 6.21. The summed E-state index contributed by atoms with van der Waals surface area (Å²) >= 11 is 0. The highest BCUT2D eigenvalue weighted by Crippen LogP contribution is 2.30. The molecule has 1 unspecified atom stereocenters. The molecule has 0 radical (unpaired) electrons. The molecule has 6 heteroatoms. The lowest BCUT2D eigenvalue weighted by atomic mass is 10.0. The van der Waals surface area contributed by atoms with E-state index >= 15 is 0 Å². The number of anilines is 2. The molecule has 1 heterocycles. The molecule has 3 aromatic rings. The van der Waals surface area contributed by atoms with Gasteiger partial charge in [0.1, 0.15) is 0 Å². The first-order valence-corrected chi connectivity index (χ1v) is 9.22. The Kier molecular flexibility index (Phi) is 4.83. The van der Waals surface area contributed by atoms with Crippen molar-refractivity contribution in [3.8, 4) is 0 Å². The molecule has 6 nitrogen and oxygen atoms in total. The van der Waals surface area contributed by atoms with Crippen molar-refractivity contribution < 1.29 is 9.59 Å². The van der Waals surface area contributed by atoms with Gasteiger partial charge >= 0.3 is 6.03 Å². The van der Waals surface area contributed by atoms with Crippen LogP contribution in [-0.4, -0.2) is 30.9 Å². The van der Waals surface area contributed by atoms with E-state index < -0.39 is 12.2 Å². The Hall–Kier alpha value is -3.93. The van der Waals surface area contributed by atoms with E-state index in [1.54, 1.807) is 31.3 Å². The number of amides is 3. The van der Waals surface area contributed by atoms with Crippen LogP contribution in [0.25, 0.3) is 0 Å². The molecule has 0 fully saturated rings. The van der Waals surface area contributed by atoms with Gasteiger partial charge in [-0.1, -0.05) is 66.7 Å². The number of hydrogen-bond donors (Lipinski definition) is 1. The second kappa shape index (κ2) is 7.59. The number of para-hydroxylation sites is 2. The van der Waals surface area contributed by atoms with Crippen molar-refractivity contribution in [1.82, 2.24) is 0 Å². The number of carbonyl (C=O) groups is 2. The van der Waals surface area contributed by atoms with Crippen molar-refractivity contribution in [2.24, 2.45) is 10.7 Å². The van der Waals surface area contributed by atoms with E-state index in [0.29, 0.717) is 11.4 Å². The summed E-state index contributed by atoms with van der Waals surface area (Å²) in [6.07, 6.45) is -1.12. The number of benzene rings is 3. The summed E-state index contributed by atoms with van der Waals surface area (Å²) in [6, 6.07) is 25.3. The zero-order valence-electron chi connectivity index (χ0n) is 15.9. The van der Waals surface area contributed by atoms with E-state index in [1.807, 2.05) is 60.7 Å². The van der Waals surface area contributed by atoms with Crippen molar-refractivity contribution >= 4 is 29.0 Å². The fraction of sp³-hybridized carbons (Fsp3) is 0.0870. The van der Waals surface area contributed by atoms with E-state index in [9.17, 15) is 9.59 Å². The molecule has 0 bridgehead atoms. The lowest BCUT2D eigenvalue weighted by Crippen LogP contribution is -2.51. The van der Waals surface area contributed by atoms with Gasteiger partial charge in [-0.3, -0.25) is 9.69 Å². The standard InChI is InChI=1S/C23H20N4O2/c1-26-19-15-9-8-14-18(19)20(16-10-4-2-5-11-16)25-21(22(26)28)27(23(24)29)17-12-6-3-7-13-17/h2-15,21H,1H3,(H2,24,29). The number of urea groups is 1. The second-order valence-electron chi connectivity index (χ2n) is 6.68. The van der Waals surface area contributed by atoms with E-state index in [1.165, 1.54) is 9.80 Å². The van der Waals surface area contributed by atoms with Crippen LogP contribution in [0.4, 0.5) is 16.2 Å². The van der Waals surface area contributed by atoms with Gasteiger partial charge in [-0.05, 0) is 18.2 Å². The lowest BCUT2D eigenvalue weighted by molar-refractivity contribution is -0.119. The first-order chi connectivity index (χ1) is 14.1. The van der Waals surface area contributed by atoms with Gasteiger partial charge in [0.15, 0.2) is 0 Å². The molecule has 0 saturated heterocycles. The number of primary amides is 1. The van der Waals surface area contributed by atoms with Crippen LogP contribution in [-0.2, 0) is 4.79 Å². The number of nitrogens with two attached hydrogens (primary N) is 1. The van der Waals surface area contributed by atoms with Crippen LogP contribution in [0, 0.1) is 0 Å². The van der Waals surface area contributed by atoms with Crippen LogP contribution < -0.4 is 15.5 Å². The highest BCUT2D eigenvalue weighted by atomic mass is 16.2. The fourth-order valence-corrected chi connectivity index (χ4v) is 3.48. The maximum absolute atomic E-state index is 13.4. The number of aliphatic imine (C=N–C) groups is 1. The minimum absolute atomic E-state index is 0.342. The quantitative estimate of drug-likeness (QED) is 0.751. The maximum atomic E-state index is 13.4. The summed E-state index contributed by atoms with van der Waals surface area (Å²) in [6.45, 7) is 0. The predicted molar refractivity (Wildman–Crippen MR) is 114 cm³/mol. The Morgan fingerprint density at radius 3 is 2.17 bits per heavy atom. The Morgan fingerprint density at radius 1 is 0.931 bits per heavy atom. The summed E-state index contributed by atoms with van der Waals surface area (Å²) in [4.78, 5) is 33.3. The van der Waals surface area contributed by atoms with Gasteiger partial charge < -0.3 is 10.6 Å². The van der Waals surface area contributed by atoms with Crippen LogP contribution in [0.2, 0.25) is 0 Å². The van der Waals surface area contributed by atoms with Gasteiger partial charge in [0.2, 0.25) is 6.17 Å². The number of nitrogens with zero attached hydrogens (tertiary/aromatic N) is 3. The van der Waals surface area contributed by atoms with E-state index in [-0.39, 0.29) is 5.91 Å². The molecule has 144 valence electrons. The van der Waals surface area contributed by atoms with Gasteiger partial charge in [-0.2, -0.15) is 0 Å². The number of likely N-dealkylation sites (N-methyl/N-ethyl adjacent to an activating group) is 1. The normalized spacial score (nSPS) is 15.9. The van der Waals surface area contributed by atoms with Gasteiger partial charge in [-0.15, -0.1) is 0 Å². The molecule has 3 amide bonds. The number of hydrogen-bond acceptors (Lipinski definition) is 3. The second-order valence-corrected chi connectivity index (χ2v) is 6.68. The molecule has 29 heavy (non-hydrogen) atoms. The summed E-state index contributed by atoms with van der Waals surface area (Å²) in [7, 11) is 1.68. The van der Waals surface area contributed by atoms with Crippen LogP contribution in [0.3, 0.4) is 0 Å². The topological polar surface area (TPSA) is 79.0 Å². The molecule has 1 aliphatic rings. The lowest BCUT2D eigenvalue weighted by Gasteiger charge is -2.28. The third-order valence-electron chi connectivity index (χ3n) is 4.89. The first-order valence-electron chi connectivity index (χ1n) is 9.22. The Labute approximate surface area is 168 Å². The minimum Gasteiger partial charge on any atom is -0.351 e. The molecule has 1 aliphatic heterocycles. The number of carbonyl (C=O) groups excluding carboxylic acids is 2. The zero-order valence-corrected chi connectivity index (χ0v) is 15.9.